The molecule has 106 valence electrons. The molecule has 0 saturated heterocycles. The Hall–Kier alpha value is -1.59. The molecule has 1 aromatic carbocycles. The topological polar surface area (TPSA) is 59.8 Å². The molecule has 0 fully saturated rings. The van der Waals surface area contributed by atoms with E-state index in [1.54, 1.807) is 23.1 Å². The highest BCUT2D eigenvalue weighted by Crippen LogP contribution is 2.28. The van der Waals surface area contributed by atoms with Crippen LogP contribution in [0, 0.1) is 0 Å². The maximum absolute atomic E-state index is 11.1. The van der Waals surface area contributed by atoms with Crippen molar-refractivity contribution in [3.05, 3.63) is 46.5 Å². The molecule has 2 rings (SSSR count). The average Bonchev–Trinajstić information content (AvgIpc) is 2.87. The van der Waals surface area contributed by atoms with Gasteiger partial charge in [-0.15, -0.1) is 0 Å². The van der Waals surface area contributed by atoms with Gasteiger partial charge in [-0.25, -0.2) is 4.98 Å². The molecule has 1 unspecified atom stereocenters. The van der Waals surface area contributed by atoms with Gasteiger partial charge < -0.3 is 5.32 Å². The Morgan fingerprint density at radius 1 is 1.45 bits per heavy atom. The smallest absolute Gasteiger partial charge is 0.216 e. The minimum Gasteiger partial charge on any atom is -0.356 e. The van der Waals surface area contributed by atoms with Crippen LogP contribution in [0.25, 0.3) is 0 Å². The molecule has 2 aromatic rings. The van der Waals surface area contributed by atoms with Crippen LogP contribution < -0.4 is 5.32 Å². The number of carbonyl (C=O) groups is 1. The van der Waals surface area contributed by atoms with Crippen molar-refractivity contribution in [2.24, 2.45) is 0 Å². The Labute approximate surface area is 126 Å². The third-order valence-corrected chi connectivity index (χ3v) is 3.44. The number of hydrogen-bond donors (Lipinski definition) is 1. The molecule has 1 amide bonds. The zero-order chi connectivity index (χ0) is 14.5. The van der Waals surface area contributed by atoms with Crippen molar-refractivity contribution < 1.29 is 4.79 Å². The number of halogens is 2. The van der Waals surface area contributed by atoms with Gasteiger partial charge in [-0.1, -0.05) is 29.3 Å². The second-order valence-corrected chi connectivity index (χ2v) is 5.26. The Morgan fingerprint density at radius 2 is 2.25 bits per heavy atom. The van der Waals surface area contributed by atoms with E-state index >= 15 is 0 Å². The van der Waals surface area contributed by atoms with Crippen molar-refractivity contribution in [2.75, 3.05) is 6.54 Å². The van der Waals surface area contributed by atoms with E-state index < -0.39 is 0 Å². The van der Waals surface area contributed by atoms with Crippen LogP contribution in [0.5, 0.6) is 0 Å². The monoisotopic (exact) mass is 312 g/mol. The second kappa shape index (κ2) is 6.72. The molecule has 0 aliphatic carbocycles. The van der Waals surface area contributed by atoms with Crippen LogP contribution in [-0.4, -0.2) is 27.2 Å². The van der Waals surface area contributed by atoms with E-state index in [4.69, 9.17) is 23.2 Å². The Bertz CT molecular complexity index is 586. The van der Waals surface area contributed by atoms with Crippen molar-refractivity contribution in [3.63, 3.8) is 0 Å². The average molecular weight is 313 g/mol. The van der Waals surface area contributed by atoms with E-state index in [0.29, 0.717) is 23.1 Å². The Balaban J connectivity index is 2.22. The highest BCUT2D eigenvalue weighted by molar-refractivity contribution is 6.35. The number of nitrogens with zero attached hydrogens (tertiary/aromatic N) is 3. The minimum atomic E-state index is -0.0846. The van der Waals surface area contributed by atoms with Crippen LogP contribution in [0.15, 0.2) is 30.9 Å². The number of aromatic nitrogens is 3. The number of hydrogen-bond acceptors (Lipinski definition) is 3. The molecule has 0 radical (unpaired) electrons. The second-order valence-electron chi connectivity index (χ2n) is 4.42. The number of benzene rings is 1. The van der Waals surface area contributed by atoms with Crippen LogP contribution in [0.1, 0.15) is 18.4 Å². The summed E-state index contributed by atoms with van der Waals surface area (Å²) in [5, 5.41) is 8.04. The summed E-state index contributed by atoms with van der Waals surface area (Å²) < 4.78 is 1.71. The van der Waals surface area contributed by atoms with Crippen molar-refractivity contribution >= 4 is 29.1 Å². The van der Waals surface area contributed by atoms with Gasteiger partial charge in [-0.05, 0) is 17.7 Å². The van der Waals surface area contributed by atoms with Gasteiger partial charge in [-0.2, -0.15) is 5.10 Å². The van der Waals surface area contributed by atoms with Gasteiger partial charge in [0.05, 0.1) is 6.54 Å². The fraction of sp³-hybridized carbons (Fsp3) is 0.308. The van der Waals surface area contributed by atoms with Crippen LogP contribution in [0.4, 0.5) is 0 Å². The fourth-order valence-electron chi connectivity index (χ4n) is 1.93. The van der Waals surface area contributed by atoms with Gasteiger partial charge in [-0.3, -0.25) is 9.48 Å². The van der Waals surface area contributed by atoms with Crippen molar-refractivity contribution in [1.29, 1.82) is 0 Å². The summed E-state index contributed by atoms with van der Waals surface area (Å²) in [5.74, 6) is -0.0935. The van der Waals surface area contributed by atoms with Crippen molar-refractivity contribution in [2.45, 2.75) is 19.4 Å². The first-order valence-electron chi connectivity index (χ1n) is 6.08. The maximum atomic E-state index is 11.1. The van der Waals surface area contributed by atoms with Crippen LogP contribution >= 0.6 is 23.2 Å². The summed E-state index contributed by atoms with van der Waals surface area (Å²) in [6, 6.07) is 5.35. The highest BCUT2D eigenvalue weighted by atomic mass is 35.5. The third-order valence-electron chi connectivity index (χ3n) is 2.87. The summed E-state index contributed by atoms with van der Waals surface area (Å²) in [5.41, 5.74) is 0.917. The standard InChI is InChI=1S/C13H14Cl2N4O/c1-9(20)17-5-10(6-19-8-16-7-18-19)12-3-2-11(14)4-13(12)15/h2-4,7-8,10H,5-6H2,1H3,(H,17,20). The van der Waals surface area contributed by atoms with E-state index in [1.165, 1.54) is 13.3 Å². The lowest BCUT2D eigenvalue weighted by Crippen LogP contribution is -2.28. The van der Waals surface area contributed by atoms with E-state index in [9.17, 15) is 4.79 Å². The zero-order valence-electron chi connectivity index (χ0n) is 10.9. The van der Waals surface area contributed by atoms with Gasteiger partial charge in [0.2, 0.25) is 5.91 Å². The third kappa shape index (κ3) is 3.95. The predicted molar refractivity (Wildman–Crippen MR) is 77.9 cm³/mol. The molecule has 1 heterocycles. The summed E-state index contributed by atoms with van der Waals surface area (Å²) in [4.78, 5) is 15.0. The molecule has 0 aliphatic rings. The van der Waals surface area contributed by atoms with Crippen LogP contribution in [0.2, 0.25) is 10.0 Å². The largest absolute Gasteiger partial charge is 0.356 e. The van der Waals surface area contributed by atoms with E-state index in [2.05, 4.69) is 15.4 Å². The first-order valence-corrected chi connectivity index (χ1v) is 6.83. The highest BCUT2D eigenvalue weighted by Gasteiger charge is 2.17. The van der Waals surface area contributed by atoms with Gasteiger partial charge >= 0.3 is 0 Å². The molecule has 1 atom stereocenters. The number of amides is 1. The molecule has 0 spiro atoms. The molecule has 0 bridgehead atoms. The molecule has 5 nitrogen and oxygen atoms in total. The van der Waals surface area contributed by atoms with Crippen LogP contribution in [0.3, 0.4) is 0 Å². The molecule has 7 heteroatoms. The number of rotatable bonds is 5. The molecular weight excluding hydrogens is 299 g/mol. The SMILES string of the molecule is CC(=O)NCC(Cn1cncn1)c1ccc(Cl)cc1Cl. The van der Waals surface area contributed by atoms with Gasteiger partial charge in [0.25, 0.3) is 0 Å². The first-order chi connectivity index (χ1) is 9.56. The summed E-state index contributed by atoms with van der Waals surface area (Å²) in [6.45, 7) is 2.52. The molecule has 0 aliphatic heterocycles. The predicted octanol–water partition coefficient (Wildman–Crippen LogP) is 2.50. The minimum absolute atomic E-state index is 0.00892. The number of carbonyl (C=O) groups excluding carboxylic acids is 1. The fourth-order valence-corrected chi connectivity index (χ4v) is 2.49. The lowest BCUT2D eigenvalue weighted by atomic mass is 9.99. The normalized spacial score (nSPS) is 12.2. The van der Waals surface area contributed by atoms with Gasteiger partial charge in [0.1, 0.15) is 12.7 Å². The first kappa shape index (κ1) is 14.8. The number of nitrogens with one attached hydrogen (secondary N) is 1. The lowest BCUT2D eigenvalue weighted by molar-refractivity contribution is -0.119. The molecule has 1 aromatic heterocycles. The van der Waals surface area contributed by atoms with Crippen LogP contribution in [-0.2, 0) is 11.3 Å². The van der Waals surface area contributed by atoms with E-state index in [-0.39, 0.29) is 11.8 Å². The lowest BCUT2D eigenvalue weighted by Gasteiger charge is -2.19. The van der Waals surface area contributed by atoms with E-state index in [0.717, 1.165) is 5.56 Å². The maximum Gasteiger partial charge on any atom is 0.216 e. The Kier molecular flexibility index (Phi) is 4.98. The van der Waals surface area contributed by atoms with E-state index in [1.807, 2.05) is 6.07 Å². The van der Waals surface area contributed by atoms with Gasteiger partial charge in [0.15, 0.2) is 0 Å². The molecule has 0 saturated carbocycles. The Morgan fingerprint density at radius 3 is 2.85 bits per heavy atom. The summed E-state index contributed by atoms with van der Waals surface area (Å²) in [6.07, 6.45) is 3.10. The summed E-state index contributed by atoms with van der Waals surface area (Å²) in [7, 11) is 0. The zero-order valence-corrected chi connectivity index (χ0v) is 12.4. The quantitative estimate of drug-likeness (QED) is 0.922. The van der Waals surface area contributed by atoms with Crippen molar-refractivity contribution in [3.8, 4) is 0 Å². The van der Waals surface area contributed by atoms with Crippen molar-refractivity contribution in [1.82, 2.24) is 20.1 Å². The molecule has 1 N–H and O–H groups in total. The molecule has 20 heavy (non-hydrogen) atoms. The molecular formula is C13H14Cl2N4O. The van der Waals surface area contributed by atoms with Gasteiger partial charge in [0, 0.05) is 29.4 Å². The summed E-state index contributed by atoms with van der Waals surface area (Å²) >= 11 is 12.1.